The zero-order valence-electron chi connectivity index (χ0n) is 8.15. The van der Waals surface area contributed by atoms with Gasteiger partial charge in [-0.05, 0) is 38.3 Å². The molecule has 1 fully saturated rings. The molecule has 1 nitrogen and oxygen atoms in total. The summed E-state index contributed by atoms with van der Waals surface area (Å²) in [5.74, 6) is 0.976. The Morgan fingerprint density at radius 2 is 2.17 bits per heavy atom. The highest BCUT2D eigenvalue weighted by atomic mass is 14.9. The molecule has 1 saturated heterocycles. The number of unbranched alkanes of at least 4 members (excludes halogenated alkanes) is 3. The minimum absolute atomic E-state index is 0.976. The molecule has 1 heterocycles. The van der Waals surface area contributed by atoms with Crippen molar-refractivity contribution in [3.8, 4) is 0 Å². The average Bonchev–Trinajstić information content (AvgIpc) is 2.14. The van der Waals surface area contributed by atoms with Crippen LogP contribution in [0.5, 0.6) is 0 Å². The third-order valence-corrected chi connectivity index (χ3v) is 2.76. The van der Waals surface area contributed by atoms with Crippen molar-refractivity contribution in [1.82, 2.24) is 5.32 Å². The Bertz CT molecular complexity index is 95.2. The first-order valence-electron chi connectivity index (χ1n) is 5.43. The average molecular weight is 168 g/mol. The molecule has 0 aromatic heterocycles. The van der Waals surface area contributed by atoms with E-state index < -0.39 is 0 Å². The molecule has 0 aromatic rings. The van der Waals surface area contributed by atoms with E-state index in [1.54, 1.807) is 0 Å². The quantitative estimate of drug-likeness (QED) is 0.622. The summed E-state index contributed by atoms with van der Waals surface area (Å²) in [5, 5.41) is 3.46. The fourth-order valence-corrected chi connectivity index (χ4v) is 1.96. The molecule has 0 spiro atoms. The van der Waals surface area contributed by atoms with Crippen LogP contribution in [0.15, 0.2) is 0 Å². The molecule has 1 atom stereocenters. The minimum Gasteiger partial charge on any atom is -0.316 e. The Morgan fingerprint density at radius 1 is 1.25 bits per heavy atom. The first-order valence-corrected chi connectivity index (χ1v) is 5.43. The zero-order valence-corrected chi connectivity index (χ0v) is 8.15. The molecule has 1 rings (SSSR count). The third kappa shape index (κ3) is 4.10. The molecule has 0 bridgehead atoms. The molecule has 1 heteroatoms. The topological polar surface area (TPSA) is 12.0 Å². The number of piperidine rings is 1. The van der Waals surface area contributed by atoms with Gasteiger partial charge in [0.1, 0.15) is 0 Å². The van der Waals surface area contributed by atoms with E-state index in [4.69, 9.17) is 0 Å². The molecular formula is C11H22N. The molecule has 1 unspecified atom stereocenters. The second-order valence-corrected chi connectivity index (χ2v) is 3.92. The van der Waals surface area contributed by atoms with E-state index in [2.05, 4.69) is 12.2 Å². The summed E-state index contributed by atoms with van der Waals surface area (Å²) in [6.45, 7) is 6.37. The molecule has 1 N–H and O–H groups in total. The van der Waals surface area contributed by atoms with Gasteiger partial charge >= 0.3 is 0 Å². The van der Waals surface area contributed by atoms with E-state index in [1.807, 2.05) is 0 Å². The lowest BCUT2D eigenvalue weighted by Gasteiger charge is -2.22. The fourth-order valence-electron chi connectivity index (χ4n) is 1.96. The summed E-state index contributed by atoms with van der Waals surface area (Å²) in [5.41, 5.74) is 0. The Balaban J connectivity index is 1.91. The maximum atomic E-state index is 3.86. The number of hydrogen-bond donors (Lipinski definition) is 1. The van der Waals surface area contributed by atoms with Crippen molar-refractivity contribution < 1.29 is 0 Å². The van der Waals surface area contributed by atoms with Gasteiger partial charge in [-0.25, -0.2) is 0 Å². The van der Waals surface area contributed by atoms with E-state index in [9.17, 15) is 0 Å². The van der Waals surface area contributed by atoms with E-state index in [1.165, 1.54) is 51.6 Å². The predicted molar refractivity (Wildman–Crippen MR) is 54.0 cm³/mol. The van der Waals surface area contributed by atoms with Crippen LogP contribution in [0.3, 0.4) is 0 Å². The van der Waals surface area contributed by atoms with Gasteiger partial charge in [0.15, 0.2) is 0 Å². The lowest BCUT2D eigenvalue weighted by Crippen LogP contribution is -2.29. The van der Waals surface area contributed by atoms with Crippen LogP contribution in [-0.2, 0) is 0 Å². The van der Waals surface area contributed by atoms with Gasteiger partial charge in [0.2, 0.25) is 0 Å². The van der Waals surface area contributed by atoms with Crippen molar-refractivity contribution >= 4 is 0 Å². The Kier molecular flexibility index (Phi) is 5.42. The zero-order chi connectivity index (χ0) is 8.65. The first kappa shape index (κ1) is 10.0. The van der Waals surface area contributed by atoms with Crippen molar-refractivity contribution in [2.45, 2.75) is 44.9 Å². The normalized spacial score (nSPS) is 24.2. The van der Waals surface area contributed by atoms with Crippen molar-refractivity contribution in [3.63, 3.8) is 0 Å². The summed E-state index contributed by atoms with van der Waals surface area (Å²) in [7, 11) is 0. The minimum atomic E-state index is 0.976. The predicted octanol–water partition coefficient (Wildman–Crippen LogP) is 2.77. The summed E-state index contributed by atoms with van der Waals surface area (Å²) < 4.78 is 0. The van der Waals surface area contributed by atoms with Crippen molar-refractivity contribution in [1.29, 1.82) is 0 Å². The standard InChI is InChI=1S/C11H22N/c1-2-3-4-5-7-11-8-6-9-12-10-11/h11-12H,1-10H2. The fraction of sp³-hybridized carbons (Fsp3) is 0.909. The highest BCUT2D eigenvalue weighted by molar-refractivity contribution is 4.68. The van der Waals surface area contributed by atoms with Gasteiger partial charge in [0.25, 0.3) is 0 Å². The van der Waals surface area contributed by atoms with Crippen LogP contribution in [-0.4, -0.2) is 13.1 Å². The van der Waals surface area contributed by atoms with Gasteiger partial charge in [-0.1, -0.05) is 32.6 Å². The molecule has 1 aliphatic heterocycles. The molecular weight excluding hydrogens is 146 g/mol. The largest absolute Gasteiger partial charge is 0.316 e. The number of nitrogens with one attached hydrogen (secondary N) is 1. The van der Waals surface area contributed by atoms with E-state index >= 15 is 0 Å². The van der Waals surface area contributed by atoms with Gasteiger partial charge < -0.3 is 5.32 Å². The van der Waals surface area contributed by atoms with Crippen LogP contribution in [0.2, 0.25) is 0 Å². The first-order chi connectivity index (χ1) is 5.93. The van der Waals surface area contributed by atoms with Gasteiger partial charge in [-0.15, -0.1) is 0 Å². The van der Waals surface area contributed by atoms with Crippen LogP contribution >= 0.6 is 0 Å². The highest BCUT2D eigenvalue weighted by Crippen LogP contribution is 2.17. The lowest BCUT2D eigenvalue weighted by molar-refractivity contribution is 0.346. The van der Waals surface area contributed by atoms with Gasteiger partial charge in [-0.2, -0.15) is 0 Å². The molecule has 1 aliphatic rings. The van der Waals surface area contributed by atoms with Gasteiger partial charge in [0, 0.05) is 0 Å². The molecule has 1 radical (unpaired) electrons. The smallest absolute Gasteiger partial charge is 0.00205 e. The van der Waals surface area contributed by atoms with Crippen molar-refractivity contribution in [2.75, 3.05) is 13.1 Å². The van der Waals surface area contributed by atoms with Crippen molar-refractivity contribution in [3.05, 3.63) is 6.92 Å². The van der Waals surface area contributed by atoms with Crippen molar-refractivity contribution in [2.24, 2.45) is 5.92 Å². The Morgan fingerprint density at radius 3 is 2.83 bits per heavy atom. The highest BCUT2D eigenvalue weighted by Gasteiger charge is 2.11. The molecule has 71 valence electrons. The third-order valence-electron chi connectivity index (χ3n) is 2.76. The second kappa shape index (κ2) is 6.47. The molecule has 0 amide bonds. The summed E-state index contributed by atoms with van der Waals surface area (Å²) >= 11 is 0. The van der Waals surface area contributed by atoms with Crippen LogP contribution in [0.25, 0.3) is 0 Å². The lowest BCUT2D eigenvalue weighted by atomic mass is 9.93. The molecule has 0 aromatic carbocycles. The molecule has 12 heavy (non-hydrogen) atoms. The van der Waals surface area contributed by atoms with Crippen LogP contribution in [0.4, 0.5) is 0 Å². The number of rotatable bonds is 5. The van der Waals surface area contributed by atoms with Crippen LogP contribution in [0, 0.1) is 12.8 Å². The molecule has 0 aliphatic carbocycles. The maximum Gasteiger partial charge on any atom is -0.00205 e. The van der Waals surface area contributed by atoms with Crippen LogP contribution in [0.1, 0.15) is 44.9 Å². The number of hydrogen-bond acceptors (Lipinski definition) is 1. The van der Waals surface area contributed by atoms with E-state index in [0.717, 1.165) is 12.3 Å². The summed E-state index contributed by atoms with van der Waals surface area (Å²) in [6.07, 6.45) is 9.52. The second-order valence-electron chi connectivity index (χ2n) is 3.92. The van der Waals surface area contributed by atoms with Gasteiger partial charge in [-0.3, -0.25) is 0 Å². The molecule has 0 saturated carbocycles. The maximum absolute atomic E-state index is 3.86. The Hall–Kier alpha value is -0.0400. The SMILES string of the molecule is [CH2]CCCCCC1CCCNC1. The summed E-state index contributed by atoms with van der Waals surface area (Å²) in [4.78, 5) is 0. The van der Waals surface area contributed by atoms with Crippen LogP contribution < -0.4 is 5.32 Å². The van der Waals surface area contributed by atoms with E-state index in [0.29, 0.717) is 0 Å². The Labute approximate surface area is 76.9 Å². The monoisotopic (exact) mass is 168 g/mol. The van der Waals surface area contributed by atoms with Gasteiger partial charge in [0.05, 0.1) is 0 Å². The summed E-state index contributed by atoms with van der Waals surface area (Å²) in [6, 6.07) is 0. The van der Waals surface area contributed by atoms with E-state index in [-0.39, 0.29) is 0 Å².